The Bertz CT molecular complexity index is 405. The molecule has 1 aliphatic heterocycles. The number of nitrogens with zero attached hydrogens (tertiary/aromatic N) is 1. The highest BCUT2D eigenvalue weighted by molar-refractivity contribution is 7.61. The maximum Gasteiger partial charge on any atom is 0.320 e. The highest BCUT2D eigenvalue weighted by atomic mass is 35.5. The van der Waals surface area contributed by atoms with Crippen molar-refractivity contribution in [3.8, 4) is 0 Å². The molecule has 110 valence electrons. The minimum atomic E-state index is -3.40. The number of halogens is 2. The SMILES string of the molecule is CCO[P@](=O)(C(NC(C)=O)=C(Cl)Cl)N1CCCCC1. The Hall–Kier alpha value is -0.0600. The van der Waals surface area contributed by atoms with Gasteiger partial charge < -0.3 is 9.84 Å². The normalized spacial score (nSPS) is 19.6. The zero-order valence-corrected chi connectivity index (χ0v) is 13.5. The van der Waals surface area contributed by atoms with Crippen molar-refractivity contribution in [1.29, 1.82) is 0 Å². The van der Waals surface area contributed by atoms with Gasteiger partial charge >= 0.3 is 7.52 Å². The third kappa shape index (κ3) is 4.47. The third-order valence-electron chi connectivity index (χ3n) is 2.76. The number of carbonyl (C=O) groups is 1. The van der Waals surface area contributed by atoms with Gasteiger partial charge in [-0.25, -0.2) is 4.67 Å². The fourth-order valence-electron chi connectivity index (χ4n) is 1.99. The van der Waals surface area contributed by atoms with Crippen LogP contribution in [0.15, 0.2) is 9.93 Å². The molecule has 8 heteroatoms. The fourth-order valence-corrected chi connectivity index (χ4v) is 4.98. The molecule has 1 amide bonds. The lowest BCUT2D eigenvalue weighted by Gasteiger charge is -2.34. The first-order valence-electron chi connectivity index (χ1n) is 6.25. The van der Waals surface area contributed by atoms with Crippen LogP contribution in [-0.4, -0.2) is 30.3 Å². The number of hydrogen-bond donors (Lipinski definition) is 1. The van der Waals surface area contributed by atoms with Gasteiger partial charge in [0.25, 0.3) is 0 Å². The summed E-state index contributed by atoms with van der Waals surface area (Å²) in [5.41, 5.74) is -0.0212. The molecule has 0 aromatic rings. The summed E-state index contributed by atoms with van der Waals surface area (Å²) in [5.74, 6) is -0.384. The Labute approximate surface area is 123 Å². The van der Waals surface area contributed by atoms with Crippen LogP contribution in [-0.2, 0) is 13.9 Å². The Kier molecular flexibility index (Phi) is 6.84. The van der Waals surface area contributed by atoms with E-state index in [2.05, 4.69) is 5.32 Å². The Morgan fingerprint density at radius 3 is 2.32 bits per heavy atom. The molecule has 5 nitrogen and oxygen atoms in total. The lowest BCUT2D eigenvalue weighted by atomic mass is 10.2. The molecule has 0 spiro atoms. The maximum absolute atomic E-state index is 13.1. The van der Waals surface area contributed by atoms with Crippen molar-refractivity contribution in [2.75, 3.05) is 19.7 Å². The van der Waals surface area contributed by atoms with Crippen molar-refractivity contribution >= 4 is 36.6 Å². The minimum Gasteiger partial charge on any atom is -0.318 e. The van der Waals surface area contributed by atoms with Crippen molar-refractivity contribution in [1.82, 2.24) is 9.99 Å². The summed E-state index contributed by atoms with van der Waals surface area (Å²) < 4.78 is 20.0. The fraction of sp³-hybridized carbons (Fsp3) is 0.727. The third-order valence-corrected chi connectivity index (χ3v) is 6.06. The molecule has 19 heavy (non-hydrogen) atoms. The average Bonchev–Trinajstić information content (AvgIpc) is 2.36. The molecule has 1 fully saturated rings. The summed E-state index contributed by atoms with van der Waals surface area (Å²) in [6.07, 6.45) is 2.96. The second-order valence-corrected chi connectivity index (χ2v) is 7.50. The highest BCUT2D eigenvalue weighted by Crippen LogP contribution is 2.59. The van der Waals surface area contributed by atoms with E-state index >= 15 is 0 Å². The topological polar surface area (TPSA) is 58.6 Å². The molecule has 0 bridgehead atoms. The monoisotopic (exact) mass is 328 g/mol. The van der Waals surface area contributed by atoms with E-state index in [0.717, 1.165) is 19.3 Å². The lowest BCUT2D eigenvalue weighted by molar-refractivity contribution is -0.118. The smallest absolute Gasteiger partial charge is 0.318 e. The second kappa shape index (κ2) is 7.65. The van der Waals surface area contributed by atoms with Gasteiger partial charge in [0.05, 0.1) is 6.61 Å². The maximum atomic E-state index is 13.1. The summed E-state index contributed by atoms with van der Waals surface area (Å²) in [6, 6.07) is 0. The van der Waals surface area contributed by atoms with Crippen LogP contribution >= 0.6 is 30.7 Å². The summed E-state index contributed by atoms with van der Waals surface area (Å²) in [6.45, 7) is 4.58. The van der Waals surface area contributed by atoms with E-state index < -0.39 is 7.52 Å². The number of carbonyl (C=O) groups excluding carboxylic acids is 1. The molecule has 1 saturated heterocycles. The van der Waals surface area contributed by atoms with Gasteiger partial charge in [0.1, 0.15) is 9.93 Å². The number of nitrogens with one attached hydrogen (secondary N) is 1. The van der Waals surface area contributed by atoms with Gasteiger partial charge in [-0.3, -0.25) is 9.36 Å². The van der Waals surface area contributed by atoms with Gasteiger partial charge in [0.2, 0.25) is 5.91 Å². The molecule has 0 aromatic heterocycles. The van der Waals surface area contributed by atoms with E-state index in [-0.39, 0.29) is 22.4 Å². The molecule has 1 rings (SSSR count). The predicted molar refractivity (Wildman–Crippen MR) is 77.2 cm³/mol. The number of hydrogen-bond acceptors (Lipinski definition) is 3. The molecule has 0 aromatic carbocycles. The summed E-state index contributed by atoms with van der Waals surface area (Å²) in [4.78, 5) is 11.2. The van der Waals surface area contributed by atoms with E-state index in [1.54, 1.807) is 11.6 Å². The first kappa shape index (κ1) is 17.0. The van der Waals surface area contributed by atoms with Crippen LogP contribution in [0.25, 0.3) is 0 Å². The Balaban J connectivity index is 3.10. The molecule has 1 aliphatic rings. The van der Waals surface area contributed by atoms with Crippen molar-refractivity contribution < 1.29 is 13.9 Å². The average molecular weight is 329 g/mol. The Morgan fingerprint density at radius 1 is 1.32 bits per heavy atom. The van der Waals surface area contributed by atoms with Gasteiger partial charge in [-0.2, -0.15) is 0 Å². The largest absolute Gasteiger partial charge is 0.320 e. The van der Waals surface area contributed by atoms with Crippen LogP contribution in [0.1, 0.15) is 33.1 Å². The second-order valence-electron chi connectivity index (χ2n) is 4.24. The molecule has 0 unspecified atom stereocenters. The zero-order chi connectivity index (χ0) is 14.5. The van der Waals surface area contributed by atoms with Gasteiger partial charge in [0, 0.05) is 20.0 Å². The van der Waals surface area contributed by atoms with E-state index in [1.165, 1.54) is 6.92 Å². The van der Waals surface area contributed by atoms with Crippen LogP contribution in [0.3, 0.4) is 0 Å². The number of piperidine rings is 1. The van der Waals surface area contributed by atoms with Crippen molar-refractivity contribution in [3.63, 3.8) is 0 Å². The quantitative estimate of drug-likeness (QED) is 0.785. The first-order valence-corrected chi connectivity index (χ1v) is 8.58. The van der Waals surface area contributed by atoms with Gasteiger partial charge in [-0.15, -0.1) is 0 Å². The molecule has 1 heterocycles. The van der Waals surface area contributed by atoms with Crippen LogP contribution in [0.5, 0.6) is 0 Å². The summed E-state index contributed by atoms with van der Waals surface area (Å²) in [7, 11) is -3.40. The van der Waals surface area contributed by atoms with Crippen LogP contribution in [0.4, 0.5) is 0 Å². The van der Waals surface area contributed by atoms with Crippen LogP contribution in [0, 0.1) is 0 Å². The van der Waals surface area contributed by atoms with Gasteiger partial charge in [-0.05, 0) is 19.8 Å². The molecule has 0 saturated carbocycles. The van der Waals surface area contributed by atoms with E-state index in [1.807, 2.05) is 0 Å². The molecule has 0 aliphatic carbocycles. The predicted octanol–water partition coefficient (Wildman–Crippen LogP) is 3.44. The van der Waals surface area contributed by atoms with Crippen molar-refractivity contribution in [3.05, 3.63) is 9.93 Å². The first-order chi connectivity index (χ1) is 8.91. The van der Waals surface area contributed by atoms with Gasteiger partial charge in [-0.1, -0.05) is 29.6 Å². The lowest BCUT2D eigenvalue weighted by Crippen LogP contribution is -2.32. The van der Waals surface area contributed by atoms with Crippen molar-refractivity contribution in [2.45, 2.75) is 33.1 Å². The number of amides is 1. The molecule has 0 radical (unpaired) electrons. The summed E-state index contributed by atoms with van der Waals surface area (Å²) in [5, 5.41) is 2.45. The molecular formula is C11H19Cl2N2O3P. The molecular weight excluding hydrogens is 310 g/mol. The number of rotatable bonds is 5. The highest BCUT2D eigenvalue weighted by Gasteiger charge is 2.39. The van der Waals surface area contributed by atoms with E-state index in [0.29, 0.717) is 13.1 Å². The van der Waals surface area contributed by atoms with Gasteiger partial charge in [0.15, 0.2) is 0 Å². The molecule has 1 atom stereocenters. The van der Waals surface area contributed by atoms with Crippen LogP contribution in [0.2, 0.25) is 0 Å². The zero-order valence-electron chi connectivity index (χ0n) is 11.1. The van der Waals surface area contributed by atoms with E-state index in [9.17, 15) is 9.36 Å². The molecule has 1 N–H and O–H groups in total. The summed E-state index contributed by atoms with van der Waals surface area (Å²) >= 11 is 11.6. The van der Waals surface area contributed by atoms with Crippen LogP contribution < -0.4 is 5.32 Å². The van der Waals surface area contributed by atoms with E-state index in [4.69, 9.17) is 27.7 Å². The van der Waals surface area contributed by atoms with Crippen molar-refractivity contribution in [2.24, 2.45) is 0 Å². The minimum absolute atomic E-state index is 0.0212. The standard InChI is InChI=1S/C11H19Cl2N2O3P/c1-3-18-19(17,15-7-5-4-6-8-15)11(10(12)13)14-9(2)16/h3-8H2,1-2H3,(H,14,16)/t19-/m1/s1. The Morgan fingerprint density at radius 2 is 1.89 bits per heavy atom.